The van der Waals surface area contributed by atoms with Gasteiger partial charge < -0.3 is 28.6 Å². The lowest BCUT2D eigenvalue weighted by atomic mass is 10.5. The van der Waals surface area contributed by atoms with E-state index >= 15 is 0 Å². The van der Waals surface area contributed by atoms with E-state index in [1.54, 1.807) is 0 Å². The predicted molar refractivity (Wildman–Crippen MR) is 78.8 cm³/mol. The lowest BCUT2D eigenvalue weighted by Crippen LogP contribution is -2.28. The zero-order valence-electron chi connectivity index (χ0n) is 12.4. The van der Waals surface area contributed by atoms with Crippen molar-refractivity contribution in [2.75, 3.05) is 86.2 Å². The third kappa shape index (κ3) is 13.1. The van der Waals surface area contributed by atoms with Crippen LogP contribution in [0.2, 0.25) is 0 Å². The van der Waals surface area contributed by atoms with Gasteiger partial charge in [-0.3, -0.25) is 0 Å². The van der Waals surface area contributed by atoms with Crippen molar-refractivity contribution in [3.8, 4) is 0 Å². The maximum Gasteiger partial charge on any atom is 0.0701 e. The summed E-state index contributed by atoms with van der Waals surface area (Å²) in [7, 11) is 2.06. The highest BCUT2D eigenvalue weighted by atomic mass is 35.5. The van der Waals surface area contributed by atoms with E-state index in [4.69, 9.17) is 23.7 Å². The molecule has 1 heterocycles. The van der Waals surface area contributed by atoms with E-state index in [0.717, 1.165) is 26.3 Å². The molecule has 122 valence electrons. The molecule has 1 rings (SSSR count). The summed E-state index contributed by atoms with van der Waals surface area (Å²) in [5.41, 5.74) is 0. The van der Waals surface area contributed by atoms with Gasteiger partial charge in [0, 0.05) is 13.1 Å². The van der Waals surface area contributed by atoms with Crippen LogP contribution in [-0.4, -0.2) is 91.1 Å². The van der Waals surface area contributed by atoms with Gasteiger partial charge in [0.1, 0.15) is 0 Å². The third-order valence-electron chi connectivity index (χ3n) is 2.72. The van der Waals surface area contributed by atoms with Gasteiger partial charge in [-0.25, -0.2) is 0 Å². The van der Waals surface area contributed by atoms with Gasteiger partial charge >= 0.3 is 0 Å². The first-order chi connectivity index (χ1) is 9.39. The van der Waals surface area contributed by atoms with E-state index in [1.807, 2.05) is 0 Å². The molecule has 1 saturated heterocycles. The first-order valence-corrected chi connectivity index (χ1v) is 6.97. The van der Waals surface area contributed by atoms with Gasteiger partial charge in [-0.2, -0.15) is 0 Å². The topological polar surface area (TPSA) is 49.4 Å². The summed E-state index contributed by atoms with van der Waals surface area (Å²) in [6, 6.07) is 0. The molecule has 0 aromatic carbocycles. The largest absolute Gasteiger partial charge is 0.378 e. The van der Waals surface area contributed by atoms with Crippen molar-refractivity contribution in [1.29, 1.82) is 0 Å². The number of halogens is 1. The Morgan fingerprint density at radius 2 is 0.750 bits per heavy atom. The van der Waals surface area contributed by atoms with Crippen molar-refractivity contribution < 1.29 is 23.7 Å². The van der Waals surface area contributed by atoms with Crippen LogP contribution in [0.15, 0.2) is 0 Å². The lowest BCUT2D eigenvalue weighted by molar-refractivity contribution is -0.0172. The van der Waals surface area contributed by atoms with Gasteiger partial charge in [-0.15, -0.1) is 12.4 Å². The fourth-order valence-electron chi connectivity index (χ4n) is 1.53. The molecule has 0 spiro atoms. The van der Waals surface area contributed by atoms with Crippen LogP contribution in [0.4, 0.5) is 0 Å². The summed E-state index contributed by atoms with van der Waals surface area (Å²) in [5, 5.41) is 0. The number of hydrogen-bond donors (Lipinski definition) is 0. The minimum Gasteiger partial charge on any atom is -0.378 e. The second-order valence-electron chi connectivity index (χ2n) is 4.37. The third-order valence-corrected chi connectivity index (χ3v) is 2.72. The Morgan fingerprint density at radius 1 is 0.500 bits per heavy atom. The van der Waals surface area contributed by atoms with Gasteiger partial charge in [0.15, 0.2) is 0 Å². The first-order valence-electron chi connectivity index (χ1n) is 6.97. The van der Waals surface area contributed by atoms with Gasteiger partial charge in [0.2, 0.25) is 0 Å². The molecule has 20 heavy (non-hydrogen) atoms. The van der Waals surface area contributed by atoms with Gasteiger partial charge in [0.05, 0.1) is 66.1 Å². The van der Waals surface area contributed by atoms with Crippen molar-refractivity contribution in [3.05, 3.63) is 0 Å². The molecular weight excluding hydrogens is 286 g/mol. The van der Waals surface area contributed by atoms with Crippen LogP contribution in [0.5, 0.6) is 0 Å². The Labute approximate surface area is 128 Å². The minimum atomic E-state index is 0. The highest BCUT2D eigenvalue weighted by Gasteiger charge is 1.99. The van der Waals surface area contributed by atoms with Crippen LogP contribution in [0.25, 0.3) is 0 Å². The van der Waals surface area contributed by atoms with E-state index in [0.29, 0.717) is 52.9 Å². The van der Waals surface area contributed by atoms with Crippen LogP contribution in [0.1, 0.15) is 0 Å². The summed E-state index contributed by atoms with van der Waals surface area (Å²) in [4.78, 5) is 2.19. The Kier molecular flexibility index (Phi) is 15.5. The predicted octanol–water partition coefficient (Wildman–Crippen LogP) is 0.437. The standard InChI is InChI=1S/C13H27NO5.ClH/c1-14-2-4-15-6-8-17-10-12-19-13-11-18-9-7-16-5-3-14;/h2-13H2,1H3;1H. The van der Waals surface area contributed by atoms with E-state index in [-0.39, 0.29) is 12.4 Å². The second kappa shape index (κ2) is 15.4. The zero-order valence-corrected chi connectivity index (χ0v) is 13.2. The maximum absolute atomic E-state index is 5.48. The summed E-state index contributed by atoms with van der Waals surface area (Å²) >= 11 is 0. The maximum atomic E-state index is 5.48. The first kappa shape index (κ1) is 20.1. The van der Waals surface area contributed by atoms with E-state index < -0.39 is 0 Å². The molecule has 0 atom stereocenters. The van der Waals surface area contributed by atoms with E-state index in [1.165, 1.54) is 0 Å². The van der Waals surface area contributed by atoms with Crippen LogP contribution in [0.3, 0.4) is 0 Å². The Hall–Kier alpha value is 0.0500. The van der Waals surface area contributed by atoms with Crippen LogP contribution in [0, 0.1) is 0 Å². The van der Waals surface area contributed by atoms with Gasteiger partial charge in [0.25, 0.3) is 0 Å². The summed E-state index contributed by atoms with van der Waals surface area (Å²) < 4.78 is 27.1. The average molecular weight is 314 g/mol. The monoisotopic (exact) mass is 313 g/mol. The molecule has 0 aliphatic carbocycles. The lowest BCUT2D eigenvalue weighted by Gasteiger charge is -2.17. The number of rotatable bonds is 0. The summed E-state index contributed by atoms with van der Waals surface area (Å²) in [6.07, 6.45) is 0. The SMILES string of the molecule is CN1CCOCCOCCOCCOCCOCC1.Cl. The van der Waals surface area contributed by atoms with Crippen molar-refractivity contribution >= 4 is 12.4 Å². The van der Waals surface area contributed by atoms with E-state index in [2.05, 4.69) is 11.9 Å². The average Bonchev–Trinajstić information content (AvgIpc) is 2.41. The molecule has 0 radical (unpaired) electrons. The fourth-order valence-corrected chi connectivity index (χ4v) is 1.53. The van der Waals surface area contributed by atoms with Crippen molar-refractivity contribution in [2.24, 2.45) is 0 Å². The summed E-state index contributed by atoms with van der Waals surface area (Å²) in [5.74, 6) is 0. The molecule has 0 aromatic rings. The Bertz CT molecular complexity index is 182. The minimum absolute atomic E-state index is 0. The zero-order chi connectivity index (χ0) is 13.6. The Balaban J connectivity index is 0.00000361. The van der Waals surface area contributed by atoms with E-state index in [9.17, 15) is 0 Å². The molecule has 0 bridgehead atoms. The Morgan fingerprint density at radius 3 is 1.05 bits per heavy atom. The van der Waals surface area contributed by atoms with Crippen LogP contribution in [-0.2, 0) is 23.7 Å². The molecule has 6 nitrogen and oxygen atoms in total. The molecule has 0 saturated carbocycles. The number of nitrogens with zero attached hydrogens (tertiary/aromatic N) is 1. The number of likely N-dealkylation sites (N-methyl/N-ethyl adjacent to an activating group) is 1. The van der Waals surface area contributed by atoms with Crippen molar-refractivity contribution in [2.45, 2.75) is 0 Å². The second-order valence-corrected chi connectivity index (χ2v) is 4.37. The smallest absolute Gasteiger partial charge is 0.0701 e. The molecule has 0 unspecified atom stereocenters. The molecular formula is C13H28ClNO5. The summed E-state index contributed by atoms with van der Waals surface area (Å²) in [6.45, 7) is 8.16. The number of ether oxygens (including phenoxy) is 5. The molecule has 0 amide bonds. The fraction of sp³-hybridized carbons (Fsp3) is 1.00. The highest BCUT2D eigenvalue weighted by Crippen LogP contribution is 1.88. The van der Waals surface area contributed by atoms with Crippen LogP contribution < -0.4 is 0 Å². The molecule has 0 aromatic heterocycles. The van der Waals surface area contributed by atoms with Gasteiger partial charge in [-0.05, 0) is 7.05 Å². The quantitative estimate of drug-likeness (QED) is 0.647. The number of hydrogen-bond acceptors (Lipinski definition) is 6. The highest BCUT2D eigenvalue weighted by molar-refractivity contribution is 5.85. The molecule has 1 aliphatic rings. The van der Waals surface area contributed by atoms with Gasteiger partial charge in [-0.1, -0.05) is 0 Å². The normalized spacial score (nSPS) is 23.2. The molecule has 1 aliphatic heterocycles. The molecule has 0 N–H and O–H groups in total. The molecule has 1 fully saturated rings. The molecule has 7 heteroatoms. The van der Waals surface area contributed by atoms with Crippen molar-refractivity contribution in [1.82, 2.24) is 4.90 Å². The van der Waals surface area contributed by atoms with Crippen LogP contribution >= 0.6 is 12.4 Å². The van der Waals surface area contributed by atoms with Crippen molar-refractivity contribution in [3.63, 3.8) is 0 Å².